The molecule has 0 aliphatic heterocycles. The quantitative estimate of drug-likeness (QED) is 0.149. The smallest absolute Gasteiger partial charge is 0.320 e. The van der Waals surface area contributed by atoms with Gasteiger partial charge in [-0.3, -0.25) is 9.69 Å². The van der Waals surface area contributed by atoms with Crippen molar-refractivity contribution in [3.05, 3.63) is 130 Å². The fourth-order valence-corrected chi connectivity index (χ4v) is 5.30. The van der Waals surface area contributed by atoms with E-state index in [0.717, 1.165) is 33.8 Å². The molecule has 0 heterocycles. The first-order valence-electron chi connectivity index (χ1n) is 17.1. The third-order valence-corrected chi connectivity index (χ3v) is 8.37. The average molecular weight is 671 g/mol. The minimum absolute atomic E-state index is 0.0922. The summed E-state index contributed by atoms with van der Waals surface area (Å²) in [5, 5.41) is 9.46. The van der Waals surface area contributed by atoms with Gasteiger partial charge < -0.3 is 20.3 Å². The summed E-state index contributed by atoms with van der Waals surface area (Å²) in [6.45, 7) is 15.1. The Bertz CT molecular complexity index is 1700. The minimum atomic E-state index is -1.02. The van der Waals surface area contributed by atoms with Crippen molar-refractivity contribution in [3.8, 4) is 35.2 Å². The molecule has 6 heteroatoms. The second kappa shape index (κ2) is 17.6. The molecule has 4 rings (SSSR count). The Morgan fingerprint density at radius 1 is 0.680 bits per heavy atom. The standard InChI is InChI=1S/C44H50N2O4/c1-43(2,3)37-23-19-33(20-24-37)13-11-29-49-40-17-9-7-15-35(40)31-46(28-27-39(45)42(47)48)32-36-16-8-10-18-41(36)50-30-12-14-34-21-25-38(26-22-34)44(4,5)6/h7-10,15-26,39H,27-32,45H2,1-6H3,(H,47,48)/t39-/m0/s1. The van der Waals surface area contributed by atoms with E-state index in [2.05, 4.69) is 94.4 Å². The fraction of sp³-hybridized carbons (Fsp3) is 0.341. The Hall–Kier alpha value is -5.01. The Kier molecular flexibility index (Phi) is 13.3. The molecule has 0 fully saturated rings. The highest BCUT2D eigenvalue weighted by atomic mass is 16.5. The zero-order chi connectivity index (χ0) is 36.1. The van der Waals surface area contributed by atoms with Crippen LogP contribution in [0.4, 0.5) is 0 Å². The van der Waals surface area contributed by atoms with Crippen LogP contribution in [0.25, 0.3) is 0 Å². The lowest BCUT2D eigenvalue weighted by Crippen LogP contribution is -2.35. The molecule has 0 amide bonds. The summed E-state index contributed by atoms with van der Waals surface area (Å²) in [6.07, 6.45) is 0.292. The Morgan fingerprint density at radius 3 is 1.46 bits per heavy atom. The number of nitrogens with two attached hydrogens (primary N) is 1. The van der Waals surface area contributed by atoms with Crippen molar-refractivity contribution in [1.82, 2.24) is 4.90 Å². The highest BCUT2D eigenvalue weighted by Gasteiger charge is 2.18. The molecular weight excluding hydrogens is 620 g/mol. The number of benzene rings is 4. The number of carboxylic acids is 1. The van der Waals surface area contributed by atoms with Crippen molar-refractivity contribution < 1.29 is 19.4 Å². The van der Waals surface area contributed by atoms with Crippen LogP contribution in [0.2, 0.25) is 0 Å². The first-order valence-corrected chi connectivity index (χ1v) is 17.1. The number of para-hydroxylation sites is 2. The van der Waals surface area contributed by atoms with Crippen LogP contribution in [0.3, 0.4) is 0 Å². The van der Waals surface area contributed by atoms with Gasteiger partial charge in [0.2, 0.25) is 0 Å². The number of hydrogen-bond acceptors (Lipinski definition) is 5. The maximum Gasteiger partial charge on any atom is 0.320 e. The molecule has 0 aromatic heterocycles. The van der Waals surface area contributed by atoms with E-state index in [9.17, 15) is 9.90 Å². The zero-order valence-electron chi connectivity index (χ0n) is 30.3. The van der Waals surface area contributed by atoms with Crippen molar-refractivity contribution in [2.24, 2.45) is 5.73 Å². The summed E-state index contributed by atoms with van der Waals surface area (Å²) in [7, 11) is 0. The molecule has 0 spiro atoms. The largest absolute Gasteiger partial charge is 0.481 e. The summed E-state index contributed by atoms with van der Waals surface area (Å²) < 4.78 is 12.3. The normalized spacial score (nSPS) is 11.9. The number of carboxylic acid groups (broad SMARTS) is 1. The highest BCUT2D eigenvalue weighted by molar-refractivity contribution is 5.73. The average Bonchev–Trinajstić information content (AvgIpc) is 3.08. The molecule has 0 aliphatic carbocycles. The minimum Gasteiger partial charge on any atom is -0.481 e. The Labute approximate surface area is 298 Å². The van der Waals surface area contributed by atoms with Crippen LogP contribution in [0.5, 0.6) is 11.5 Å². The van der Waals surface area contributed by atoms with Crippen LogP contribution in [-0.2, 0) is 28.7 Å². The number of nitrogens with zero attached hydrogens (tertiary/aromatic N) is 1. The topological polar surface area (TPSA) is 85.0 Å². The molecule has 0 aliphatic rings. The number of aliphatic carboxylic acids is 1. The molecule has 0 saturated carbocycles. The van der Waals surface area contributed by atoms with Crippen molar-refractivity contribution >= 4 is 5.97 Å². The second-order valence-electron chi connectivity index (χ2n) is 14.5. The van der Waals surface area contributed by atoms with Gasteiger partial charge in [0.1, 0.15) is 30.8 Å². The molecule has 0 radical (unpaired) electrons. The summed E-state index contributed by atoms with van der Waals surface area (Å²) in [6, 6.07) is 31.4. The van der Waals surface area contributed by atoms with E-state index in [4.69, 9.17) is 15.2 Å². The third-order valence-electron chi connectivity index (χ3n) is 8.37. The molecule has 50 heavy (non-hydrogen) atoms. The predicted molar refractivity (Wildman–Crippen MR) is 202 cm³/mol. The van der Waals surface area contributed by atoms with E-state index in [1.807, 2.05) is 72.8 Å². The van der Waals surface area contributed by atoms with Gasteiger partial charge in [0.25, 0.3) is 0 Å². The van der Waals surface area contributed by atoms with E-state index in [-0.39, 0.29) is 24.0 Å². The molecule has 4 aromatic rings. The number of rotatable bonds is 12. The molecule has 0 bridgehead atoms. The van der Waals surface area contributed by atoms with Crippen molar-refractivity contribution in [2.45, 2.75) is 77.9 Å². The van der Waals surface area contributed by atoms with E-state index >= 15 is 0 Å². The molecule has 0 saturated heterocycles. The van der Waals surface area contributed by atoms with Crippen LogP contribution < -0.4 is 15.2 Å². The molecular formula is C44H50N2O4. The van der Waals surface area contributed by atoms with Crippen LogP contribution in [0.15, 0.2) is 97.1 Å². The summed E-state index contributed by atoms with van der Waals surface area (Å²) in [4.78, 5) is 13.7. The van der Waals surface area contributed by atoms with Crippen LogP contribution >= 0.6 is 0 Å². The molecule has 4 aromatic carbocycles. The van der Waals surface area contributed by atoms with Crippen molar-refractivity contribution in [3.63, 3.8) is 0 Å². The van der Waals surface area contributed by atoms with Gasteiger partial charge in [0.15, 0.2) is 0 Å². The van der Waals surface area contributed by atoms with Gasteiger partial charge in [-0.1, -0.05) is 126 Å². The summed E-state index contributed by atoms with van der Waals surface area (Å²) in [5.74, 6) is 13.1. The van der Waals surface area contributed by atoms with Crippen molar-refractivity contribution in [1.29, 1.82) is 0 Å². The van der Waals surface area contributed by atoms with E-state index in [0.29, 0.717) is 26.1 Å². The fourth-order valence-electron chi connectivity index (χ4n) is 5.30. The maximum absolute atomic E-state index is 11.5. The molecule has 0 unspecified atom stereocenters. The van der Waals surface area contributed by atoms with Crippen molar-refractivity contribution in [2.75, 3.05) is 19.8 Å². The lowest BCUT2D eigenvalue weighted by Gasteiger charge is -2.25. The highest BCUT2D eigenvalue weighted by Crippen LogP contribution is 2.26. The number of hydrogen-bond donors (Lipinski definition) is 2. The lowest BCUT2D eigenvalue weighted by molar-refractivity contribution is -0.138. The monoisotopic (exact) mass is 670 g/mol. The molecule has 1 atom stereocenters. The molecule has 6 nitrogen and oxygen atoms in total. The van der Waals surface area contributed by atoms with Crippen LogP contribution in [0, 0.1) is 23.7 Å². The van der Waals surface area contributed by atoms with Gasteiger partial charge in [-0.2, -0.15) is 0 Å². The first-order chi connectivity index (χ1) is 23.8. The lowest BCUT2D eigenvalue weighted by atomic mass is 9.87. The zero-order valence-corrected chi connectivity index (χ0v) is 30.3. The Balaban J connectivity index is 1.44. The van der Waals surface area contributed by atoms with Gasteiger partial charge in [0.05, 0.1) is 0 Å². The molecule has 260 valence electrons. The second-order valence-corrected chi connectivity index (χ2v) is 14.5. The maximum atomic E-state index is 11.5. The number of carbonyl (C=O) groups is 1. The SMILES string of the molecule is CC(C)(C)c1ccc(C#CCOc2ccccc2CN(CC[C@H](N)C(=O)O)Cc2ccccc2OCC#Cc2ccc(C(C)(C)C)cc2)cc1. The first kappa shape index (κ1) is 37.8. The Morgan fingerprint density at radius 2 is 1.08 bits per heavy atom. The van der Waals surface area contributed by atoms with E-state index < -0.39 is 12.0 Å². The number of ether oxygens (including phenoxy) is 2. The van der Waals surface area contributed by atoms with Gasteiger partial charge >= 0.3 is 5.97 Å². The summed E-state index contributed by atoms with van der Waals surface area (Å²) in [5.41, 5.74) is 12.5. The summed E-state index contributed by atoms with van der Waals surface area (Å²) >= 11 is 0. The van der Waals surface area contributed by atoms with E-state index in [1.165, 1.54) is 11.1 Å². The van der Waals surface area contributed by atoms with Gasteiger partial charge in [-0.25, -0.2) is 0 Å². The predicted octanol–water partition coefficient (Wildman–Crippen LogP) is 7.95. The van der Waals surface area contributed by atoms with Crippen LogP contribution in [0.1, 0.15) is 81.3 Å². The van der Waals surface area contributed by atoms with Crippen LogP contribution in [-0.4, -0.2) is 41.8 Å². The van der Waals surface area contributed by atoms with Gasteiger partial charge in [-0.15, -0.1) is 0 Å². The molecule has 3 N–H and O–H groups in total. The van der Waals surface area contributed by atoms with E-state index in [1.54, 1.807) is 0 Å². The van der Waals surface area contributed by atoms with Gasteiger partial charge in [-0.05, 0) is 64.8 Å². The van der Waals surface area contributed by atoms with Gasteiger partial charge in [0, 0.05) is 41.9 Å². The third kappa shape index (κ3) is 11.8.